The average Bonchev–Trinajstić information content (AvgIpc) is 2.11. The summed E-state index contributed by atoms with van der Waals surface area (Å²) in [7, 11) is 0. The highest BCUT2D eigenvalue weighted by Crippen LogP contribution is 2.17. The molecule has 0 aliphatic carbocycles. The van der Waals surface area contributed by atoms with Crippen LogP contribution in [0.4, 0.5) is 0 Å². The molecule has 0 saturated carbocycles. The van der Waals surface area contributed by atoms with E-state index in [0.717, 1.165) is 10.9 Å². The lowest BCUT2D eigenvalue weighted by atomic mass is 10.1. The van der Waals surface area contributed by atoms with Crippen molar-refractivity contribution in [2.75, 3.05) is 6.61 Å². The van der Waals surface area contributed by atoms with Crippen molar-refractivity contribution in [1.29, 1.82) is 0 Å². The predicted molar refractivity (Wildman–Crippen MR) is 57.6 cm³/mol. The minimum atomic E-state index is -0.152. The zero-order chi connectivity index (χ0) is 9.84. The van der Waals surface area contributed by atoms with Crippen molar-refractivity contribution in [3.63, 3.8) is 0 Å². The van der Waals surface area contributed by atoms with Gasteiger partial charge in [-0.05, 0) is 30.5 Å². The predicted octanol–water partition coefficient (Wildman–Crippen LogP) is 1.62. The molecule has 0 spiro atoms. The van der Waals surface area contributed by atoms with Gasteiger partial charge in [0, 0.05) is 10.5 Å². The van der Waals surface area contributed by atoms with Crippen LogP contribution in [0.5, 0.6) is 0 Å². The molecule has 0 aliphatic rings. The number of hydrogen-bond acceptors (Lipinski definition) is 2. The summed E-state index contributed by atoms with van der Waals surface area (Å²) in [4.78, 5) is 0. The van der Waals surface area contributed by atoms with Crippen molar-refractivity contribution in [3.05, 3.63) is 33.8 Å². The van der Waals surface area contributed by atoms with Crippen LogP contribution in [0, 0.1) is 6.92 Å². The smallest absolute Gasteiger partial charge is 0.0585 e. The van der Waals surface area contributed by atoms with Gasteiger partial charge in [0.2, 0.25) is 0 Å². The summed E-state index contributed by atoms with van der Waals surface area (Å²) in [5.41, 5.74) is 8.00. The minimum absolute atomic E-state index is 0.0368. The Balaban J connectivity index is 2.73. The van der Waals surface area contributed by atoms with E-state index >= 15 is 0 Å². The van der Waals surface area contributed by atoms with Gasteiger partial charge in [-0.15, -0.1) is 0 Å². The molecule has 1 aromatic carbocycles. The van der Waals surface area contributed by atoms with Crippen LogP contribution in [0.25, 0.3) is 0 Å². The summed E-state index contributed by atoms with van der Waals surface area (Å²) in [5.74, 6) is 0. The van der Waals surface area contributed by atoms with Gasteiger partial charge in [0.15, 0.2) is 0 Å². The van der Waals surface area contributed by atoms with Crippen molar-refractivity contribution >= 4 is 15.9 Å². The highest BCUT2D eigenvalue weighted by molar-refractivity contribution is 9.10. The number of halogens is 1. The lowest BCUT2D eigenvalue weighted by Crippen LogP contribution is -2.26. The maximum Gasteiger partial charge on any atom is 0.0585 e. The standard InChI is InChI=1S/C10H14BrNO/c1-7-4-8(2-3-10(7)11)5-9(12)6-13/h2-4,9,13H,5-6,12H2,1H3. The van der Waals surface area contributed by atoms with Crippen molar-refractivity contribution in [2.24, 2.45) is 5.73 Å². The number of aryl methyl sites for hydroxylation is 1. The summed E-state index contributed by atoms with van der Waals surface area (Å²) in [6.45, 7) is 2.08. The molecule has 3 N–H and O–H groups in total. The van der Waals surface area contributed by atoms with Crippen molar-refractivity contribution < 1.29 is 5.11 Å². The minimum Gasteiger partial charge on any atom is -0.395 e. The SMILES string of the molecule is Cc1cc(CC(N)CO)ccc1Br. The lowest BCUT2D eigenvalue weighted by Gasteiger charge is -2.09. The van der Waals surface area contributed by atoms with Crippen molar-refractivity contribution in [1.82, 2.24) is 0 Å². The quantitative estimate of drug-likeness (QED) is 0.848. The van der Waals surface area contributed by atoms with E-state index in [1.807, 2.05) is 19.1 Å². The van der Waals surface area contributed by atoms with Crippen molar-refractivity contribution in [3.8, 4) is 0 Å². The topological polar surface area (TPSA) is 46.2 Å². The number of aliphatic hydroxyl groups excluding tert-OH is 1. The first-order chi connectivity index (χ1) is 6.13. The number of nitrogens with two attached hydrogens (primary N) is 1. The summed E-state index contributed by atoms with van der Waals surface area (Å²) < 4.78 is 1.11. The van der Waals surface area contributed by atoms with E-state index in [1.165, 1.54) is 11.1 Å². The second kappa shape index (κ2) is 4.74. The van der Waals surface area contributed by atoms with E-state index in [-0.39, 0.29) is 12.6 Å². The van der Waals surface area contributed by atoms with Gasteiger partial charge >= 0.3 is 0 Å². The van der Waals surface area contributed by atoms with Crippen LogP contribution >= 0.6 is 15.9 Å². The third-order valence-corrected chi connectivity index (χ3v) is 2.84. The van der Waals surface area contributed by atoms with E-state index in [0.29, 0.717) is 0 Å². The molecule has 3 heteroatoms. The Kier molecular flexibility index (Phi) is 3.90. The Labute approximate surface area is 86.9 Å². The molecule has 0 radical (unpaired) electrons. The average molecular weight is 244 g/mol. The molecule has 2 nitrogen and oxygen atoms in total. The molecule has 72 valence electrons. The van der Waals surface area contributed by atoms with Gasteiger partial charge in [-0.25, -0.2) is 0 Å². The number of benzene rings is 1. The molecular formula is C10H14BrNO. The Morgan fingerprint density at radius 1 is 1.54 bits per heavy atom. The molecule has 13 heavy (non-hydrogen) atoms. The number of rotatable bonds is 3. The van der Waals surface area contributed by atoms with E-state index in [9.17, 15) is 0 Å². The molecule has 0 aromatic heterocycles. The molecule has 1 unspecified atom stereocenters. The largest absolute Gasteiger partial charge is 0.395 e. The second-order valence-corrected chi connectivity index (χ2v) is 4.08. The van der Waals surface area contributed by atoms with Gasteiger partial charge in [-0.1, -0.05) is 28.1 Å². The first kappa shape index (κ1) is 10.7. The zero-order valence-electron chi connectivity index (χ0n) is 7.63. The Morgan fingerprint density at radius 3 is 2.77 bits per heavy atom. The van der Waals surface area contributed by atoms with E-state index in [4.69, 9.17) is 10.8 Å². The van der Waals surface area contributed by atoms with Gasteiger partial charge in [-0.3, -0.25) is 0 Å². The van der Waals surface area contributed by atoms with E-state index in [2.05, 4.69) is 22.0 Å². The summed E-state index contributed by atoms with van der Waals surface area (Å²) >= 11 is 3.43. The third kappa shape index (κ3) is 3.10. The third-order valence-electron chi connectivity index (χ3n) is 1.95. The fourth-order valence-corrected chi connectivity index (χ4v) is 1.45. The first-order valence-electron chi connectivity index (χ1n) is 4.25. The molecule has 0 bridgehead atoms. The summed E-state index contributed by atoms with van der Waals surface area (Å²) in [6, 6.07) is 5.96. The molecule has 1 atom stereocenters. The highest BCUT2D eigenvalue weighted by Gasteiger charge is 2.03. The van der Waals surface area contributed by atoms with E-state index in [1.54, 1.807) is 0 Å². The maximum absolute atomic E-state index is 8.79. The Morgan fingerprint density at radius 2 is 2.23 bits per heavy atom. The monoisotopic (exact) mass is 243 g/mol. The van der Waals surface area contributed by atoms with Crippen molar-refractivity contribution in [2.45, 2.75) is 19.4 Å². The van der Waals surface area contributed by atoms with Crippen LogP contribution in [0.15, 0.2) is 22.7 Å². The van der Waals surface area contributed by atoms with Crippen LogP contribution in [-0.2, 0) is 6.42 Å². The van der Waals surface area contributed by atoms with Gasteiger partial charge in [0.05, 0.1) is 6.61 Å². The van der Waals surface area contributed by atoms with Gasteiger partial charge in [-0.2, -0.15) is 0 Å². The number of aliphatic hydroxyl groups is 1. The fraction of sp³-hybridized carbons (Fsp3) is 0.400. The molecule has 1 rings (SSSR count). The van der Waals surface area contributed by atoms with Gasteiger partial charge < -0.3 is 10.8 Å². The summed E-state index contributed by atoms with van der Waals surface area (Å²) in [5, 5.41) is 8.79. The molecule has 1 aromatic rings. The first-order valence-corrected chi connectivity index (χ1v) is 5.04. The Bertz CT molecular complexity index is 288. The number of hydrogen-bond donors (Lipinski definition) is 2. The molecule has 0 amide bonds. The van der Waals surface area contributed by atoms with Crippen LogP contribution in [0.3, 0.4) is 0 Å². The van der Waals surface area contributed by atoms with Crippen LogP contribution in [0.1, 0.15) is 11.1 Å². The van der Waals surface area contributed by atoms with E-state index < -0.39 is 0 Å². The Hall–Kier alpha value is -0.380. The molecule has 0 aliphatic heterocycles. The molecule has 0 saturated heterocycles. The molecule has 0 fully saturated rings. The summed E-state index contributed by atoms with van der Waals surface area (Å²) in [6.07, 6.45) is 0.727. The normalized spacial score (nSPS) is 12.9. The molecule has 0 heterocycles. The molecular weight excluding hydrogens is 230 g/mol. The van der Waals surface area contributed by atoms with Crippen LogP contribution in [0.2, 0.25) is 0 Å². The highest BCUT2D eigenvalue weighted by atomic mass is 79.9. The second-order valence-electron chi connectivity index (χ2n) is 3.23. The van der Waals surface area contributed by atoms with Crippen LogP contribution in [-0.4, -0.2) is 17.8 Å². The van der Waals surface area contributed by atoms with Gasteiger partial charge in [0.1, 0.15) is 0 Å². The maximum atomic E-state index is 8.79. The fourth-order valence-electron chi connectivity index (χ4n) is 1.20. The zero-order valence-corrected chi connectivity index (χ0v) is 9.21. The lowest BCUT2D eigenvalue weighted by molar-refractivity contribution is 0.265. The van der Waals surface area contributed by atoms with Gasteiger partial charge in [0.25, 0.3) is 0 Å². The van der Waals surface area contributed by atoms with Crippen LogP contribution < -0.4 is 5.73 Å².